The van der Waals surface area contributed by atoms with E-state index in [9.17, 15) is 9.59 Å². The molecule has 2 heterocycles. The molecule has 4 rings (SSSR count). The molecule has 1 aliphatic rings. The first-order valence-electron chi connectivity index (χ1n) is 11.9. The van der Waals surface area contributed by atoms with Gasteiger partial charge in [-0.3, -0.25) is 14.6 Å². The number of aromatic nitrogens is 2. The first-order chi connectivity index (χ1) is 18.7. The van der Waals surface area contributed by atoms with Gasteiger partial charge in [-0.05, 0) is 55.8 Å². The molecule has 0 aliphatic carbocycles. The van der Waals surface area contributed by atoms with Crippen LogP contribution in [0.2, 0.25) is 5.02 Å². The van der Waals surface area contributed by atoms with E-state index in [-0.39, 0.29) is 25.5 Å². The van der Waals surface area contributed by atoms with Crippen LogP contribution in [0.15, 0.2) is 65.9 Å². The molecular weight excluding hydrogens is 524 g/mol. The van der Waals surface area contributed by atoms with E-state index in [0.717, 1.165) is 10.5 Å². The Labute approximate surface area is 230 Å². The number of carbonyl (C=O) groups excluding carboxylic acids is 2. The van der Waals surface area contributed by atoms with Crippen LogP contribution in [0.25, 0.3) is 0 Å². The Morgan fingerprint density at radius 2 is 1.85 bits per heavy atom. The molecule has 1 fully saturated rings. The van der Waals surface area contributed by atoms with E-state index in [4.69, 9.17) is 31.1 Å². The van der Waals surface area contributed by atoms with Gasteiger partial charge in [0.25, 0.3) is 0 Å². The number of hydrogen-bond donors (Lipinski definition) is 0. The second-order valence-corrected chi connectivity index (χ2v) is 9.38. The molecule has 0 spiro atoms. The van der Waals surface area contributed by atoms with E-state index in [1.54, 1.807) is 62.4 Å². The summed E-state index contributed by atoms with van der Waals surface area (Å²) in [6, 6.07) is 15.1. The minimum absolute atomic E-state index is 0.0296. The van der Waals surface area contributed by atoms with Gasteiger partial charge in [-0.2, -0.15) is 5.26 Å². The molecule has 0 radical (unpaired) electrons. The van der Waals surface area contributed by atoms with E-state index in [2.05, 4.69) is 15.0 Å². The number of rotatable bonds is 9. The van der Waals surface area contributed by atoms with Gasteiger partial charge in [-0.1, -0.05) is 23.7 Å². The summed E-state index contributed by atoms with van der Waals surface area (Å²) >= 11 is 6.00. The highest BCUT2D eigenvalue weighted by Gasteiger charge is 2.35. The summed E-state index contributed by atoms with van der Waals surface area (Å²) in [5.74, 6) is 0.144. The number of amides is 3. The number of nitriles is 1. The van der Waals surface area contributed by atoms with Crippen molar-refractivity contribution >= 4 is 36.1 Å². The summed E-state index contributed by atoms with van der Waals surface area (Å²) in [4.78, 5) is 39.8. The minimum atomic E-state index is -0.782. The smallest absolute Gasteiger partial charge is 0.332 e. The number of halogens is 1. The fraction of sp³-hybridized carbons (Fsp3) is 0.259. The van der Waals surface area contributed by atoms with Crippen molar-refractivity contribution in [3.63, 3.8) is 0 Å². The summed E-state index contributed by atoms with van der Waals surface area (Å²) < 4.78 is 17.0. The number of hydrogen-bond acceptors (Lipinski definition) is 9. The lowest BCUT2D eigenvalue weighted by Crippen LogP contribution is -2.45. The maximum absolute atomic E-state index is 13.4. The lowest BCUT2D eigenvalue weighted by molar-refractivity contribution is -0.141. The summed E-state index contributed by atoms with van der Waals surface area (Å²) in [6.45, 7) is 3.99. The third-order valence-electron chi connectivity index (χ3n) is 5.50. The Morgan fingerprint density at radius 3 is 2.44 bits per heavy atom. The van der Waals surface area contributed by atoms with Crippen LogP contribution in [-0.2, 0) is 20.8 Å². The Morgan fingerprint density at radius 1 is 1.15 bits per heavy atom. The Balaban J connectivity index is 1.48. The number of ether oxygens (including phenoxy) is 3. The predicted octanol–water partition coefficient (Wildman–Crippen LogP) is 4.69. The molecule has 39 heavy (non-hydrogen) atoms. The van der Waals surface area contributed by atoms with Crippen molar-refractivity contribution in [1.29, 1.82) is 5.26 Å². The lowest BCUT2D eigenvalue weighted by Gasteiger charge is -2.26. The van der Waals surface area contributed by atoms with Gasteiger partial charge in [-0.25, -0.2) is 19.8 Å². The Bertz CT molecular complexity index is 1360. The van der Waals surface area contributed by atoms with Gasteiger partial charge in [0.05, 0.1) is 44.1 Å². The zero-order valence-corrected chi connectivity index (χ0v) is 22.0. The molecule has 1 saturated heterocycles. The molecule has 12 heteroatoms. The largest absolute Gasteiger partial charge is 0.454 e. The van der Waals surface area contributed by atoms with Gasteiger partial charge in [0, 0.05) is 5.02 Å². The van der Waals surface area contributed by atoms with Gasteiger partial charge in [0.2, 0.25) is 12.2 Å². The SMILES string of the molecule is CC1(C)OC[C@H](CN(C=O)C(=O)N(C=Nc2ccc(Oc3cnc(C#N)nc3)cc2)Cc2ccc(Cl)cc2)O1. The van der Waals surface area contributed by atoms with Crippen LogP contribution in [0.5, 0.6) is 11.5 Å². The molecule has 0 unspecified atom stereocenters. The van der Waals surface area contributed by atoms with E-state index >= 15 is 0 Å². The highest BCUT2D eigenvalue weighted by molar-refractivity contribution is 6.30. The highest BCUT2D eigenvalue weighted by Crippen LogP contribution is 2.24. The van der Waals surface area contributed by atoms with Crippen LogP contribution in [0.1, 0.15) is 25.2 Å². The molecule has 1 aliphatic heterocycles. The molecule has 1 atom stereocenters. The fourth-order valence-corrected chi connectivity index (χ4v) is 3.77. The number of benzene rings is 2. The van der Waals surface area contributed by atoms with Crippen LogP contribution in [0.4, 0.5) is 10.5 Å². The average molecular weight is 549 g/mol. The molecule has 11 nitrogen and oxygen atoms in total. The zero-order chi connectivity index (χ0) is 27.8. The van der Waals surface area contributed by atoms with E-state index in [1.165, 1.54) is 23.6 Å². The molecule has 200 valence electrons. The normalized spacial score (nSPS) is 16.0. The first kappa shape index (κ1) is 27.7. The Hall–Kier alpha value is -4.37. The Kier molecular flexibility index (Phi) is 8.83. The summed E-state index contributed by atoms with van der Waals surface area (Å²) in [6.07, 6.45) is 4.20. The summed E-state index contributed by atoms with van der Waals surface area (Å²) in [5, 5.41) is 9.37. The number of imide groups is 1. The zero-order valence-electron chi connectivity index (χ0n) is 21.2. The van der Waals surface area contributed by atoms with Crippen molar-refractivity contribution in [3.05, 3.63) is 77.3 Å². The van der Waals surface area contributed by atoms with Crippen LogP contribution < -0.4 is 4.74 Å². The maximum Gasteiger partial charge on any atom is 0.332 e. The lowest BCUT2D eigenvalue weighted by atomic mass is 10.2. The van der Waals surface area contributed by atoms with Crippen LogP contribution in [-0.4, -0.2) is 63.6 Å². The molecule has 2 aromatic carbocycles. The van der Waals surface area contributed by atoms with Crippen LogP contribution in [0.3, 0.4) is 0 Å². The monoisotopic (exact) mass is 548 g/mol. The van der Waals surface area contributed by atoms with Crippen molar-refractivity contribution in [1.82, 2.24) is 19.8 Å². The summed E-state index contributed by atoms with van der Waals surface area (Å²) in [5.41, 5.74) is 1.33. The van der Waals surface area contributed by atoms with Gasteiger partial charge in [0.15, 0.2) is 11.5 Å². The fourth-order valence-electron chi connectivity index (χ4n) is 3.65. The van der Waals surface area contributed by atoms with E-state index < -0.39 is 17.9 Å². The number of carbonyl (C=O) groups is 2. The van der Waals surface area contributed by atoms with Gasteiger partial charge < -0.3 is 14.2 Å². The molecule has 3 amide bonds. The number of urea groups is 1. The van der Waals surface area contributed by atoms with Crippen molar-refractivity contribution in [2.24, 2.45) is 4.99 Å². The van der Waals surface area contributed by atoms with Crippen molar-refractivity contribution in [2.75, 3.05) is 13.2 Å². The molecule has 3 aromatic rings. The molecule has 0 bridgehead atoms. The topological polar surface area (TPSA) is 130 Å². The third-order valence-corrected chi connectivity index (χ3v) is 5.75. The van der Waals surface area contributed by atoms with E-state index in [0.29, 0.717) is 28.6 Å². The van der Waals surface area contributed by atoms with Crippen molar-refractivity contribution in [3.8, 4) is 17.6 Å². The molecule has 0 N–H and O–H groups in total. The van der Waals surface area contributed by atoms with Crippen LogP contribution >= 0.6 is 11.6 Å². The predicted molar refractivity (Wildman–Crippen MR) is 141 cm³/mol. The highest BCUT2D eigenvalue weighted by atomic mass is 35.5. The second kappa shape index (κ2) is 12.4. The van der Waals surface area contributed by atoms with E-state index in [1.807, 2.05) is 6.07 Å². The molecule has 1 aromatic heterocycles. The standard InChI is InChI=1S/C27H25ClN6O5/c1-27(2)37-16-24(39-27)15-34(18-35)26(36)33(14-19-3-5-20(28)6-4-19)17-32-21-7-9-22(10-8-21)38-23-12-30-25(11-29)31-13-23/h3-10,12-13,17-18,24H,14-16H2,1-2H3/t24-/m0/s1. The maximum atomic E-state index is 13.4. The second-order valence-electron chi connectivity index (χ2n) is 8.94. The van der Waals surface area contributed by atoms with Crippen molar-refractivity contribution in [2.45, 2.75) is 32.3 Å². The van der Waals surface area contributed by atoms with Gasteiger partial charge >= 0.3 is 6.03 Å². The average Bonchev–Trinajstić information content (AvgIpc) is 3.29. The third kappa shape index (κ3) is 7.81. The van der Waals surface area contributed by atoms with Crippen molar-refractivity contribution < 1.29 is 23.8 Å². The molecule has 0 saturated carbocycles. The summed E-state index contributed by atoms with van der Waals surface area (Å²) in [7, 11) is 0. The number of nitrogens with zero attached hydrogens (tertiary/aromatic N) is 6. The quantitative estimate of drug-likeness (QED) is 0.214. The van der Waals surface area contributed by atoms with Crippen LogP contribution in [0, 0.1) is 11.3 Å². The minimum Gasteiger partial charge on any atom is -0.454 e. The first-order valence-corrected chi connectivity index (χ1v) is 12.3. The van der Waals surface area contributed by atoms with Gasteiger partial charge in [0.1, 0.15) is 17.9 Å². The van der Waals surface area contributed by atoms with Gasteiger partial charge in [-0.15, -0.1) is 0 Å². The molecular formula is C27H25ClN6O5. The number of aliphatic imine (C=N–C) groups is 1.